The number of aryl methyl sites for hydroxylation is 1. The van der Waals surface area contributed by atoms with Crippen LogP contribution in [0.1, 0.15) is 25.2 Å². The average molecular weight is 407 g/mol. The third-order valence-electron chi connectivity index (χ3n) is 4.05. The first-order valence-corrected chi connectivity index (χ1v) is 8.23. The van der Waals surface area contributed by atoms with Crippen molar-refractivity contribution in [1.82, 2.24) is 9.88 Å². The molecule has 8 heteroatoms. The number of benzene rings is 1. The SMILES string of the molecule is Cl.Cl.NC1CCCN(C(=O)CCc2ncc(-c3ccc(Cl)cc3)o2)C1. The normalized spacial score (nSPS) is 16.7. The summed E-state index contributed by atoms with van der Waals surface area (Å²) in [5, 5.41) is 0.679. The summed E-state index contributed by atoms with van der Waals surface area (Å²) < 4.78 is 5.72. The predicted molar refractivity (Wildman–Crippen MR) is 104 cm³/mol. The topological polar surface area (TPSA) is 72.4 Å². The summed E-state index contributed by atoms with van der Waals surface area (Å²) in [4.78, 5) is 18.3. The van der Waals surface area contributed by atoms with E-state index in [4.69, 9.17) is 21.8 Å². The van der Waals surface area contributed by atoms with Gasteiger partial charge < -0.3 is 15.1 Å². The lowest BCUT2D eigenvalue weighted by Crippen LogP contribution is -2.45. The monoisotopic (exact) mass is 405 g/mol. The molecular weight excluding hydrogens is 385 g/mol. The first-order chi connectivity index (χ1) is 11.1. The highest BCUT2D eigenvalue weighted by molar-refractivity contribution is 6.30. The number of rotatable bonds is 4. The van der Waals surface area contributed by atoms with Crippen molar-refractivity contribution in [3.63, 3.8) is 0 Å². The van der Waals surface area contributed by atoms with Crippen LogP contribution >= 0.6 is 36.4 Å². The summed E-state index contributed by atoms with van der Waals surface area (Å²) in [5.41, 5.74) is 6.83. The zero-order chi connectivity index (χ0) is 16.2. The van der Waals surface area contributed by atoms with Crippen molar-refractivity contribution in [3.05, 3.63) is 41.4 Å². The number of halogens is 3. The van der Waals surface area contributed by atoms with E-state index in [0.29, 0.717) is 36.1 Å². The fraction of sp³-hybridized carbons (Fsp3) is 0.412. The van der Waals surface area contributed by atoms with Gasteiger partial charge in [-0.2, -0.15) is 0 Å². The summed E-state index contributed by atoms with van der Waals surface area (Å²) in [6.07, 6.45) is 4.55. The molecule has 3 rings (SSSR count). The Balaban J connectivity index is 0.00000156. The Kier molecular flexibility index (Phi) is 8.73. The van der Waals surface area contributed by atoms with E-state index in [1.807, 2.05) is 29.2 Å². The molecular formula is C17H22Cl3N3O2. The molecule has 1 aromatic carbocycles. The number of amides is 1. The van der Waals surface area contributed by atoms with Crippen LogP contribution in [0.25, 0.3) is 11.3 Å². The van der Waals surface area contributed by atoms with Gasteiger partial charge in [-0.25, -0.2) is 4.98 Å². The second kappa shape index (κ2) is 10.0. The molecule has 1 amide bonds. The van der Waals surface area contributed by atoms with E-state index in [9.17, 15) is 4.79 Å². The van der Waals surface area contributed by atoms with Crippen LogP contribution in [0.3, 0.4) is 0 Å². The van der Waals surface area contributed by atoms with E-state index < -0.39 is 0 Å². The lowest BCUT2D eigenvalue weighted by atomic mass is 10.1. The molecule has 1 unspecified atom stereocenters. The number of nitrogens with two attached hydrogens (primary N) is 1. The van der Waals surface area contributed by atoms with Crippen molar-refractivity contribution in [2.75, 3.05) is 13.1 Å². The molecule has 0 spiro atoms. The van der Waals surface area contributed by atoms with Crippen LogP contribution in [0.4, 0.5) is 0 Å². The third-order valence-corrected chi connectivity index (χ3v) is 4.30. The van der Waals surface area contributed by atoms with Gasteiger partial charge in [-0.15, -0.1) is 24.8 Å². The molecule has 0 bridgehead atoms. The Morgan fingerprint density at radius 2 is 2.04 bits per heavy atom. The van der Waals surface area contributed by atoms with Gasteiger partial charge >= 0.3 is 0 Å². The van der Waals surface area contributed by atoms with Crippen molar-refractivity contribution in [3.8, 4) is 11.3 Å². The first-order valence-electron chi connectivity index (χ1n) is 7.86. The quantitative estimate of drug-likeness (QED) is 0.840. The fourth-order valence-electron chi connectivity index (χ4n) is 2.78. The van der Waals surface area contributed by atoms with E-state index in [-0.39, 0.29) is 36.8 Å². The van der Waals surface area contributed by atoms with E-state index in [2.05, 4.69) is 4.98 Å². The Morgan fingerprint density at radius 3 is 2.72 bits per heavy atom. The van der Waals surface area contributed by atoms with E-state index in [1.54, 1.807) is 6.20 Å². The van der Waals surface area contributed by atoms with Crippen molar-refractivity contribution >= 4 is 42.3 Å². The molecule has 1 aliphatic rings. The highest BCUT2D eigenvalue weighted by Crippen LogP contribution is 2.23. The summed E-state index contributed by atoms with van der Waals surface area (Å²) in [6.45, 7) is 1.45. The van der Waals surface area contributed by atoms with Crippen LogP contribution in [0.2, 0.25) is 5.02 Å². The number of oxazole rings is 1. The lowest BCUT2D eigenvalue weighted by Gasteiger charge is -2.30. The van der Waals surface area contributed by atoms with Gasteiger partial charge in [0, 0.05) is 42.6 Å². The largest absolute Gasteiger partial charge is 0.441 e. The number of carbonyl (C=O) groups excluding carboxylic acids is 1. The molecule has 2 aromatic rings. The highest BCUT2D eigenvalue weighted by Gasteiger charge is 2.21. The van der Waals surface area contributed by atoms with Gasteiger partial charge in [0.15, 0.2) is 11.7 Å². The van der Waals surface area contributed by atoms with Crippen LogP contribution < -0.4 is 5.73 Å². The van der Waals surface area contributed by atoms with E-state index in [1.165, 1.54) is 0 Å². The van der Waals surface area contributed by atoms with Gasteiger partial charge in [-0.3, -0.25) is 4.79 Å². The zero-order valence-electron chi connectivity index (χ0n) is 13.7. The molecule has 1 fully saturated rings. The predicted octanol–water partition coefficient (Wildman–Crippen LogP) is 3.72. The maximum Gasteiger partial charge on any atom is 0.223 e. The van der Waals surface area contributed by atoms with Gasteiger partial charge in [0.05, 0.1) is 6.20 Å². The number of hydrogen-bond acceptors (Lipinski definition) is 4. The molecule has 1 aliphatic heterocycles. The number of nitrogens with zero attached hydrogens (tertiary/aromatic N) is 2. The summed E-state index contributed by atoms with van der Waals surface area (Å²) >= 11 is 5.88. The molecule has 0 aliphatic carbocycles. The molecule has 0 radical (unpaired) electrons. The smallest absolute Gasteiger partial charge is 0.223 e. The summed E-state index contributed by atoms with van der Waals surface area (Å²) in [6, 6.07) is 7.48. The van der Waals surface area contributed by atoms with Gasteiger partial charge in [0.25, 0.3) is 0 Å². The van der Waals surface area contributed by atoms with Gasteiger partial charge in [0.2, 0.25) is 5.91 Å². The number of aromatic nitrogens is 1. The number of likely N-dealkylation sites (tertiary alicyclic amines) is 1. The Hall–Kier alpha value is -1.27. The second-order valence-corrected chi connectivity index (χ2v) is 6.30. The zero-order valence-corrected chi connectivity index (χ0v) is 16.1. The van der Waals surface area contributed by atoms with Crippen molar-refractivity contribution in [2.45, 2.75) is 31.7 Å². The maximum atomic E-state index is 12.2. The molecule has 1 aromatic heterocycles. The second-order valence-electron chi connectivity index (χ2n) is 5.87. The molecule has 1 saturated heterocycles. The van der Waals surface area contributed by atoms with Gasteiger partial charge in [-0.05, 0) is 37.1 Å². The van der Waals surface area contributed by atoms with Crippen LogP contribution in [0.5, 0.6) is 0 Å². The Morgan fingerprint density at radius 1 is 1.32 bits per heavy atom. The van der Waals surface area contributed by atoms with E-state index in [0.717, 1.165) is 24.9 Å². The molecule has 2 N–H and O–H groups in total. The lowest BCUT2D eigenvalue weighted by molar-refractivity contribution is -0.132. The van der Waals surface area contributed by atoms with Crippen LogP contribution in [0, 0.1) is 0 Å². The number of hydrogen-bond donors (Lipinski definition) is 1. The number of carbonyl (C=O) groups is 1. The standard InChI is InChI=1S/C17H20ClN3O2.2ClH/c18-13-5-3-12(4-6-13)15-10-20-16(23-15)7-8-17(22)21-9-1-2-14(19)11-21;;/h3-6,10,14H,1-2,7-9,11,19H2;2*1H. The number of piperidine rings is 1. The molecule has 2 heterocycles. The van der Waals surface area contributed by atoms with Crippen molar-refractivity contribution in [2.24, 2.45) is 5.73 Å². The molecule has 0 saturated carbocycles. The average Bonchev–Trinajstić information content (AvgIpc) is 3.02. The highest BCUT2D eigenvalue weighted by atomic mass is 35.5. The maximum absolute atomic E-state index is 12.2. The Bertz CT molecular complexity index is 676. The minimum Gasteiger partial charge on any atom is -0.441 e. The molecule has 25 heavy (non-hydrogen) atoms. The minimum absolute atomic E-state index is 0. The van der Waals surface area contributed by atoms with Gasteiger partial charge in [0.1, 0.15) is 0 Å². The Labute approximate surface area is 164 Å². The van der Waals surface area contributed by atoms with Crippen molar-refractivity contribution < 1.29 is 9.21 Å². The van der Waals surface area contributed by atoms with Crippen LogP contribution in [-0.2, 0) is 11.2 Å². The van der Waals surface area contributed by atoms with Gasteiger partial charge in [-0.1, -0.05) is 11.6 Å². The van der Waals surface area contributed by atoms with Crippen molar-refractivity contribution in [1.29, 1.82) is 0 Å². The van der Waals surface area contributed by atoms with Crippen LogP contribution in [-0.4, -0.2) is 34.9 Å². The molecule has 1 atom stereocenters. The molecule has 5 nitrogen and oxygen atoms in total. The fourth-order valence-corrected chi connectivity index (χ4v) is 2.91. The third kappa shape index (κ3) is 5.89. The summed E-state index contributed by atoms with van der Waals surface area (Å²) in [5.74, 6) is 1.38. The minimum atomic E-state index is 0. The summed E-state index contributed by atoms with van der Waals surface area (Å²) in [7, 11) is 0. The molecule has 138 valence electrons. The van der Waals surface area contributed by atoms with Crippen LogP contribution in [0.15, 0.2) is 34.9 Å². The van der Waals surface area contributed by atoms with E-state index >= 15 is 0 Å². The first kappa shape index (κ1) is 21.8.